The van der Waals surface area contributed by atoms with E-state index in [2.05, 4.69) is 47.6 Å². The topological polar surface area (TPSA) is 29.5 Å². The number of aliphatic hydroxyl groups excluding tert-OH is 1. The number of unbranched alkanes of at least 4 members (excludes halogenated alkanes) is 3. The Morgan fingerprint density at radius 2 is 1.36 bits per heavy atom. The van der Waals surface area contributed by atoms with Crippen molar-refractivity contribution >= 4 is 18.4 Å². The zero-order chi connectivity index (χ0) is 19.2. The Hall–Kier alpha value is 0.299. The third kappa shape index (κ3) is 10.3. The molecule has 1 atom stereocenters. The number of allylic oxidation sites excluding steroid dienone is 1. The van der Waals surface area contributed by atoms with Crippen LogP contribution in [0.4, 0.5) is 0 Å². The first-order valence-electron chi connectivity index (χ1n) is 10.8. The predicted octanol–water partition coefficient (Wildman–Crippen LogP) is 7.16. The zero-order valence-electron chi connectivity index (χ0n) is 18.1. The van der Waals surface area contributed by atoms with E-state index < -0.39 is 18.4 Å². The van der Waals surface area contributed by atoms with Gasteiger partial charge in [-0.3, -0.25) is 0 Å². The van der Waals surface area contributed by atoms with Crippen molar-refractivity contribution in [1.29, 1.82) is 0 Å². The van der Waals surface area contributed by atoms with E-state index in [1.807, 2.05) is 6.26 Å². The van der Waals surface area contributed by atoms with Crippen LogP contribution in [0.2, 0.25) is 17.2 Å². The van der Waals surface area contributed by atoms with Gasteiger partial charge < -0.3 is 0 Å². The number of hydrogen-bond acceptors (Lipinski definition) is 2. The monoisotopic (exact) mass is 462 g/mol. The number of aliphatic hydroxyl groups is 1. The molecule has 2 nitrogen and oxygen atoms in total. The third-order valence-corrected chi connectivity index (χ3v) is 23.8. The third-order valence-electron chi connectivity index (χ3n) is 5.46. The Morgan fingerprint density at radius 1 is 0.880 bits per heavy atom. The fraction of sp³-hybridized carbons (Fsp3) is 0.909. The average molecular weight is 461 g/mol. The van der Waals surface area contributed by atoms with Crippen LogP contribution in [0.25, 0.3) is 0 Å². The molecule has 0 fully saturated rings. The Kier molecular flexibility index (Phi) is 14.5. The van der Waals surface area contributed by atoms with Crippen LogP contribution in [0.15, 0.2) is 12.3 Å². The molecule has 3 heteroatoms. The molecule has 0 aliphatic carbocycles. The summed E-state index contributed by atoms with van der Waals surface area (Å²) in [5, 5.41) is 8.93. The van der Waals surface area contributed by atoms with Gasteiger partial charge in [0.1, 0.15) is 0 Å². The SMILES string of the molecule is CCC[CH2][Sn]([CH2]CCC)([CH2]CCC)[CH](/C=C\OCCCO)C(C)(C)C. The van der Waals surface area contributed by atoms with Gasteiger partial charge >= 0.3 is 163 Å². The molecule has 0 aromatic rings. The Balaban J connectivity index is 5.50. The summed E-state index contributed by atoms with van der Waals surface area (Å²) in [6.45, 7) is 15.2. The van der Waals surface area contributed by atoms with Crippen LogP contribution in [0, 0.1) is 5.41 Å². The van der Waals surface area contributed by atoms with Gasteiger partial charge in [0, 0.05) is 0 Å². The second-order valence-corrected chi connectivity index (χ2v) is 22.6. The van der Waals surface area contributed by atoms with Gasteiger partial charge in [0.15, 0.2) is 0 Å². The molecule has 1 N–H and O–H groups in total. The van der Waals surface area contributed by atoms with Crippen LogP contribution in [-0.2, 0) is 4.74 Å². The van der Waals surface area contributed by atoms with Gasteiger partial charge in [-0.05, 0) is 0 Å². The molecule has 0 amide bonds. The first-order chi connectivity index (χ1) is 11.9. The molecule has 0 aliphatic heterocycles. The van der Waals surface area contributed by atoms with Crippen LogP contribution >= 0.6 is 0 Å². The van der Waals surface area contributed by atoms with E-state index in [1.54, 1.807) is 0 Å². The minimum absolute atomic E-state index is 0.212. The molecule has 0 spiro atoms. The van der Waals surface area contributed by atoms with Gasteiger partial charge in [-0.2, -0.15) is 0 Å². The maximum absolute atomic E-state index is 8.93. The van der Waals surface area contributed by atoms with Gasteiger partial charge in [0.25, 0.3) is 0 Å². The van der Waals surface area contributed by atoms with Gasteiger partial charge in [-0.25, -0.2) is 0 Å². The van der Waals surface area contributed by atoms with E-state index in [0.717, 1.165) is 10.4 Å². The molecule has 0 aliphatic rings. The van der Waals surface area contributed by atoms with Crippen LogP contribution < -0.4 is 0 Å². The summed E-state index contributed by atoms with van der Waals surface area (Å²) in [4.78, 5) is 0. The molecule has 0 aromatic carbocycles. The van der Waals surface area contributed by atoms with Crippen molar-refractivity contribution in [1.82, 2.24) is 0 Å². The summed E-state index contributed by atoms with van der Waals surface area (Å²) in [5.74, 6) is 0. The molecular weight excluding hydrogens is 415 g/mol. The van der Waals surface area contributed by atoms with Gasteiger partial charge in [-0.15, -0.1) is 0 Å². The molecule has 0 saturated carbocycles. The van der Waals surface area contributed by atoms with Crippen molar-refractivity contribution in [3.8, 4) is 0 Å². The Labute approximate surface area is 162 Å². The van der Waals surface area contributed by atoms with Crippen LogP contribution in [0.3, 0.4) is 0 Å². The summed E-state index contributed by atoms with van der Waals surface area (Å²) < 4.78 is 11.0. The number of hydrogen-bond donors (Lipinski definition) is 1. The molecule has 0 heterocycles. The quantitative estimate of drug-likeness (QED) is 0.159. The van der Waals surface area contributed by atoms with Crippen molar-refractivity contribution in [2.45, 2.75) is 104 Å². The van der Waals surface area contributed by atoms with Gasteiger partial charge in [0.2, 0.25) is 0 Å². The van der Waals surface area contributed by atoms with Crippen molar-refractivity contribution in [2.24, 2.45) is 5.41 Å². The van der Waals surface area contributed by atoms with E-state index in [0.29, 0.717) is 12.0 Å². The molecule has 25 heavy (non-hydrogen) atoms. The molecule has 0 aromatic heterocycles. The summed E-state index contributed by atoms with van der Waals surface area (Å²) in [7, 11) is 0. The standard InChI is InChI=1S/C10H19O2.3C4H9.Sn/c1-10(2,3)6-4-8-12-9-5-7-11;3*1-3-4-2;/h4,6,8,11H,5,7,9H2,1-3H3;3*1,3-4H2,2H3;/b8-4-;;;;. The normalized spacial score (nSPS) is 14.2. The second-order valence-electron chi connectivity index (χ2n) is 8.79. The van der Waals surface area contributed by atoms with E-state index in [-0.39, 0.29) is 6.61 Å². The average Bonchev–Trinajstić information content (AvgIpc) is 2.57. The Bertz CT molecular complexity index is 312. The van der Waals surface area contributed by atoms with Crippen LogP contribution in [0.1, 0.15) is 86.5 Å². The van der Waals surface area contributed by atoms with Crippen LogP contribution in [0.5, 0.6) is 0 Å². The summed E-state index contributed by atoms with van der Waals surface area (Å²) in [5.41, 5.74) is 0.322. The van der Waals surface area contributed by atoms with Gasteiger partial charge in [0.05, 0.1) is 0 Å². The fourth-order valence-electron chi connectivity index (χ4n) is 4.19. The number of ether oxygens (including phenoxy) is 1. The molecule has 0 radical (unpaired) electrons. The van der Waals surface area contributed by atoms with Crippen LogP contribution in [-0.4, -0.2) is 36.7 Å². The van der Waals surface area contributed by atoms with Crippen molar-refractivity contribution in [3.63, 3.8) is 0 Å². The van der Waals surface area contributed by atoms with E-state index >= 15 is 0 Å². The summed E-state index contributed by atoms with van der Waals surface area (Å²) in [6, 6.07) is 0. The van der Waals surface area contributed by atoms with Gasteiger partial charge in [-0.1, -0.05) is 0 Å². The predicted molar refractivity (Wildman–Crippen MR) is 115 cm³/mol. The van der Waals surface area contributed by atoms with E-state index in [4.69, 9.17) is 9.84 Å². The molecule has 1 unspecified atom stereocenters. The minimum atomic E-state index is -2.33. The first-order valence-corrected chi connectivity index (χ1v) is 18.5. The molecular formula is C22H46O2Sn. The second kappa shape index (κ2) is 14.4. The summed E-state index contributed by atoms with van der Waals surface area (Å²) in [6.07, 6.45) is 13.3. The fourth-order valence-corrected chi connectivity index (χ4v) is 24.7. The first kappa shape index (κ1) is 25.3. The molecule has 0 saturated heterocycles. The molecule has 0 bridgehead atoms. The number of rotatable bonds is 15. The molecule has 0 rings (SSSR count). The van der Waals surface area contributed by atoms with Crippen molar-refractivity contribution < 1.29 is 9.84 Å². The molecule has 150 valence electrons. The Morgan fingerprint density at radius 3 is 1.72 bits per heavy atom. The van der Waals surface area contributed by atoms with E-state index in [1.165, 1.54) is 51.8 Å². The maximum atomic E-state index is 8.93. The van der Waals surface area contributed by atoms with E-state index in [9.17, 15) is 0 Å². The zero-order valence-corrected chi connectivity index (χ0v) is 20.9. The summed E-state index contributed by atoms with van der Waals surface area (Å²) >= 11 is -2.33. The van der Waals surface area contributed by atoms with Crippen molar-refractivity contribution in [2.75, 3.05) is 13.2 Å². The van der Waals surface area contributed by atoms with Crippen molar-refractivity contribution in [3.05, 3.63) is 12.3 Å².